The molecule has 1 aromatic heterocycles. The number of carbonyl (C=O) groups is 1. The zero-order chi connectivity index (χ0) is 19.8. The summed E-state index contributed by atoms with van der Waals surface area (Å²) in [6.45, 7) is 7.33. The average molecular weight is 383 g/mol. The minimum Gasteiger partial charge on any atom is -0.358 e. The van der Waals surface area contributed by atoms with Crippen molar-refractivity contribution in [3.63, 3.8) is 0 Å². The molecular weight excluding hydrogens is 348 g/mol. The number of rotatable bonds is 6. The second kappa shape index (κ2) is 7.88. The highest BCUT2D eigenvalue weighted by Crippen LogP contribution is 2.44. The number of benzene rings is 1. The Morgan fingerprint density at radius 1 is 1.36 bits per heavy atom. The highest BCUT2D eigenvalue weighted by molar-refractivity contribution is 5.89. The number of hydrogen-bond acceptors (Lipinski definition) is 3. The largest absolute Gasteiger partial charge is 0.358 e. The van der Waals surface area contributed by atoms with Crippen molar-refractivity contribution in [1.29, 1.82) is 0 Å². The smallest absolute Gasteiger partial charge is 0.221 e. The Bertz CT molecular complexity index is 856. The molecule has 1 aliphatic carbocycles. The van der Waals surface area contributed by atoms with Crippen molar-refractivity contribution < 1.29 is 4.79 Å². The van der Waals surface area contributed by atoms with Crippen molar-refractivity contribution >= 4 is 16.8 Å². The number of amides is 1. The maximum Gasteiger partial charge on any atom is 0.221 e. The van der Waals surface area contributed by atoms with Gasteiger partial charge in [-0.2, -0.15) is 0 Å². The van der Waals surface area contributed by atoms with Crippen LogP contribution < -0.4 is 5.32 Å². The Morgan fingerprint density at radius 2 is 2.18 bits per heavy atom. The lowest BCUT2D eigenvalue weighted by Gasteiger charge is -2.47. The number of nitrogens with zero attached hydrogens (tertiary/aromatic N) is 2. The molecule has 0 radical (unpaired) electrons. The summed E-state index contributed by atoms with van der Waals surface area (Å²) in [7, 11) is 4.03. The van der Waals surface area contributed by atoms with E-state index in [1.54, 1.807) is 0 Å². The molecule has 1 saturated heterocycles. The fourth-order valence-corrected chi connectivity index (χ4v) is 5.34. The van der Waals surface area contributed by atoms with Gasteiger partial charge in [0.15, 0.2) is 0 Å². The van der Waals surface area contributed by atoms with Crippen LogP contribution in [0, 0.1) is 6.92 Å². The summed E-state index contributed by atoms with van der Waals surface area (Å²) in [6.07, 6.45) is 3.88. The second-order valence-electron chi connectivity index (χ2n) is 8.92. The van der Waals surface area contributed by atoms with Gasteiger partial charge in [0, 0.05) is 54.1 Å². The van der Waals surface area contributed by atoms with Gasteiger partial charge in [0.25, 0.3) is 0 Å². The quantitative estimate of drug-likeness (QED) is 0.807. The predicted molar refractivity (Wildman–Crippen MR) is 115 cm³/mol. The van der Waals surface area contributed by atoms with Gasteiger partial charge in [0.2, 0.25) is 5.91 Å². The zero-order valence-electron chi connectivity index (χ0n) is 17.7. The van der Waals surface area contributed by atoms with E-state index in [0.717, 1.165) is 38.9 Å². The van der Waals surface area contributed by atoms with Gasteiger partial charge in [-0.25, -0.2) is 0 Å². The van der Waals surface area contributed by atoms with Crippen LogP contribution in [-0.4, -0.2) is 66.5 Å². The Kier molecular flexibility index (Phi) is 5.48. The van der Waals surface area contributed by atoms with E-state index < -0.39 is 0 Å². The van der Waals surface area contributed by atoms with Crippen molar-refractivity contribution in [3.8, 4) is 0 Å². The van der Waals surface area contributed by atoms with Crippen molar-refractivity contribution in [3.05, 3.63) is 35.0 Å². The highest BCUT2D eigenvalue weighted by Gasteiger charge is 2.41. The van der Waals surface area contributed by atoms with Crippen LogP contribution in [0.3, 0.4) is 0 Å². The molecule has 2 N–H and O–H groups in total. The lowest BCUT2D eigenvalue weighted by Crippen LogP contribution is -2.56. The Balaban J connectivity index is 1.60. The molecule has 28 heavy (non-hydrogen) atoms. The van der Waals surface area contributed by atoms with Gasteiger partial charge in [-0.15, -0.1) is 0 Å². The molecule has 2 heterocycles. The third kappa shape index (κ3) is 3.58. The topological polar surface area (TPSA) is 51.4 Å². The van der Waals surface area contributed by atoms with Gasteiger partial charge < -0.3 is 15.2 Å². The first kappa shape index (κ1) is 19.5. The number of fused-ring (bicyclic) bond motifs is 2. The molecule has 2 aromatic rings. The van der Waals surface area contributed by atoms with Crippen molar-refractivity contribution in [1.82, 2.24) is 20.1 Å². The van der Waals surface area contributed by atoms with Gasteiger partial charge >= 0.3 is 0 Å². The summed E-state index contributed by atoms with van der Waals surface area (Å²) in [4.78, 5) is 20.8. The summed E-state index contributed by atoms with van der Waals surface area (Å²) in [5, 5.41) is 4.78. The number of piperidine rings is 1. The fraction of sp³-hybridized carbons (Fsp3) is 0.609. The minimum atomic E-state index is 0.181. The SMILES string of the molecule is CCCN1C[C@@H](NC(=O)CCN(C)C)CC2c3cccc4[nH]c(C)c(c34)C[C@H]21. The summed E-state index contributed by atoms with van der Waals surface area (Å²) < 4.78 is 0. The van der Waals surface area contributed by atoms with Crippen LogP contribution in [-0.2, 0) is 11.2 Å². The van der Waals surface area contributed by atoms with Gasteiger partial charge in [-0.3, -0.25) is 9.69 Å². The van der Waals surface area contributed by atoms with E-state index in [-0.39, 0.29) is 11.9 Å². The summed E-state index contributed by atoms with van der Waals surface area (Å²) in [5.74, 6) is 0.673. The Hall–Kier alpha value is -1.85. The molecule has 0 spiro atoms. The number of nitrogens with one attached hydrogen (secondary N) is 2. The molecule has 2 aliphatic rings. The zero-order valence-corrected chi connectivity index (χ0v) is 17.7. The van der Waals surface area contributed by atoms with Crippen molar-refractivity contribution in [2.24, 2.45) is 0 Å². The third-order valence-electron chi connectivity index (χ3n) is 6.57. The van der Waals surface area contributed by atoms with Crippen LogP contribution in [0.2, 0.25) is 0 Å². The maximum atomic E-state index is 12.5. The first-order valence-electron chi connectivity index (χ1n) is 10.8. The summed E-state index contributed by atoms with van der Waals surface area (Å²) in [5.41, 5.74) is 5.56. The molecule has 152 valence electrons. The van der Waals surface area contributed by atoms with E-state index in [2.05, 4.69) is 52.1 Å². The number of aryl methyl sites for hydroxylation is 1. The van der Waals surface area contributed by atoms with E-state index in [9.17, 15) is 4.79 Å². The average Bonchev–Trinajstić information content (AvgIpc) is 2.98. The molecule has 0 saturated carbocycles. The highest BCUT2D eigenvalue weighted by atomic mass is 16.1. The van der Waals surface area contributed by atoms with Gasteiger partial charge in [-0.1, -0.05) is 19.1 Å². The predicted octanol–water partition coefficient (Wildman–Crippen LogP) is 3.04. The molecule has 1 unspecified atom stereocenters. The first-order chi connectivity index (χ1) is 13.5. The second-order valence-corrected chi connectivity index (χ2v) is 8.92. The van der Waals surface area contributed by atoms with Crippen LogP contribution in [0.25, 0.3) is 10.9 Å². The monoisotopic (exact) mass is 382 g/mol. The normalized spacial score (nSPS) is 24.5. The van der Waals surface area contributed by atoms with Crippen LogP contribution in [0.4, 0.5) is 0 Å². The van der Waals surface area contributed by atoms with Crippen LogP contribution >= 0.6 is 0 Å². The molecule has 1 aromatic carbocycles. The van der Waals surface area contributed by atoms with Crippen LogP contribution in [0.15, 0.2) is 18.2 Å². The minimum absolute atomic E-state index is 0.181. The van der Waals surface area contributed by atoms with Crippen LogP contribution in [0.5, 0.6) is 0 Å². The molecule has 5 nitrogen and oxygen atoms in total. The molecule has 5 heteroatoms. The van der Waals surface area contributed by atoms with Gasteiger partial charge in [0.1, 0.15) is 0 Å². The molecule has 1 amide bonds. The Labute approximate surface area is 168 Å². The van der Waals surface area contributed by atoms with E-state index in [1.807, 2.05) is 14.1 Å². The van der Waals surface area contributed by atoms with E-state index in [4.69, 9.17) is 0 Å². The number of likely N-dealkylation sites (tertiary alicyclic amines) is 1. The Morgan fingerprint density at radius 3 is 2.93 bits per heavy atom. The molecule has 4 rings (SSSR count). The first-order valence-corrected chi connectivity index (χ1v) is 10.8. The van der Waals surface area contributed by atoms with Gasteiger partial charge in [-0.05, 0) is 64.0 Å². The van der Waals surface area contributed by atoms with E-state index in [0.29, 0.717) is 18.4 Å². The summed E-state index contributed by atoms with van der Waals surface area (Å²) in [6, 6.07) is 7.48. The van der Waals surface area contributed by atoms with E-state index >= 15 is 0 Å². The van der Waals surface area contributed by atoms with Crippen molar-refractivity contribution in [2.45, 2.75) is 57.5 Å². The number of H-pyrrole nitrogens is 1. The standard InChI is InChI=1S/C23H34N4O/c1-5-10-27-14-16(25-22(28)9-11-26(3)4)12-19-17-7-6-8-20-23(17)18(13-21(19)27)15(2)24-20/h6-8,16,19,21,24H,5,9-14H2,1-4H3,(H,25,28)/t16-,19?,21+/m0/s1. The number of carbonyl (C=O) groups excluding carboxylic acids is 1. The number of aromatic amines is 1. The molecule has 0 bridgehead atoms. The molecule has 3 atom stereocenters. The van der Waals surface area contributed by atoms with Crippen molar-refractivity contribution in [2.75, 3.05) is 33.7 Å². The molecular formula is C23H34N4O. The lowest BCUT2D eigenvalue weighted by atomic mass is 9.73. The number of hydrogen-bond donors (Lipinski definition) is 2. The maximum absolute atomic E-state index is 12.5. The fourth-order valence-electron chi connectivity index (χ4n) is 5.34. The summed E-state index contributed by atoms with van der Waals surface area (Å²) >= 11 is 0. The van der Waals surface area contributed by atoms with E-state index in [1.165, 1.54) is 27.7 Å². The van der Waals surface area contributed by atoms with Crippen LogP contribution in [0.1, 0.15) is 48.9 Å². The molecule has 1 fully saturated rings. The third-order valence-corrected chi connectivity index (χ3v) is 6.57. The lowest BCUT2D eigenvalue weighted by molar-refractivity contribution is -0.122. The molecule has 1 aliphatic heterocycles. The van der Waals surface area contributed by atoms with Gasteiger partial charge in [0.05, 0.1) is 0 Å². The number of aromatic nitrogens is 1.